The molecule has 6 aromatic rings. The lowest BCUT2D eigenvalue weighted by atomic mass is 9.76. The van der Waals surface area contributed by atoms with Crippen LogP contribution in [0.1, 0.15) is 50.7 Å². The fourth-order valence-corrected chi connectivity index (χ4v) is 6.24. The molecule has 0 saturated heterocycles. The van der Waals surface area contributed by atoms with Crippen LogP contribution in [-0.2, 0) is 5.54 Å². The van der Waals surface area contributed by atoms with E-state index in [-0.39, 0.29) is 5.92 Å². The zero-order chi connectivity index (χ0) is 27.8. The summed E-state index contributed by atoms with van der Waals surface area (Å²) >= 11 is 0. The van der Waals surface area contributed by atoms with Crippen molar-refractivity contribution < 1.29 is 4.74 Å². The molecule has 0 aliphatic carbocycles. The average molecular weight is 533 g/mol. The summed E-state index contributed by atoms with van der Waals surface area (Å²) in [5.41, 5.74) is 6.41. The van der Waals surface area contributed by atoms with E-state index in [1.165, 1.54) is 0 Å². The van der Waals surface area contributed by atoms with Crippen molar-refractivity contribution in [2.24, 2.45) is 0 Å². The summed E-state index contributed by atoms with van der Waals surface area (Å²) in [5, 5.41) is 14.0. The van der Waals surface area contributed by atoms with Crippen LogP contribution in [0.2, 0.25) is 0 Å². The minimum atomic E-state index is -0.857. The van der Waals surface area contributed by atoms with E-state index in [0.29, 0.717) is 11.6 Å². The molecule has 5 heteroatoms. The Hall–Kier alpha value is -5.29. The lowest BCUT2D eigenvalue weighted by molar-refractivity contribution is 0.427. The molecule has 1 atom stereocenters. The van der Waals surface area contributed by atoms with Crippen molar-refractivity contribution in [3.05, 3.63) is 185 Å². The summed E-state index contributed by atoms with van der Waals surface area (Å²) in [7, 11) is 0. The lowest BCUT2D eigenvalue weighted by Gasteiger charge is -2.37. The number of aryl methyl sites for hydroxylation is 1. The monoisotopic (exact) mass is 532 g/mol. The van der Waals surface area contributed by atoms with Crippen LogP contribution in [-0.4, -0.2) is 20.2 Å². The molecule has 0 fully saturated rings. The van der Waals surface area contributed by atoms with Crippen LogP contribution in [0.25, 0.3) is 5.76 Å². The van der Waals surface area contributed by atoms with Gasteiger partial charge < -0.3 is 4.74 Å². The maximum absolute atomic E-state index is 6.40. The van der Waals surface area contributed by atoms with Crippen molar-refractivity contribution in [2.75, 3.05) is 0 Å². The first-order valence-corrected chi connectivity index (χ1v) is 13.7. The standard InChI is InChI=1S/C36H28N4O/c1-25-15-14-24-32-33(25)34(31-23-13-12-22-30(31)26(2)41-32)35-37-38-39-40(35)36(27-16-6-3-7-17-27,28-18-8-4-9-19-28)29-20-10-5-11-21-29/h3-24,34H,2H2,1H3. The van der Waals surface area contributed by atoms with E-state index in [0.717, 1.165) is 44.7 Å². The van der Waals surface area contributed by atoms with Gasteiger partial charge in [0.1, 0.15) is 17.0 Å². The van der Waals surface area contributed by atoms with E-state index in [1.807, 2.05) is 41.1 Å². The number of hydrogen-bond acceptors (Lipinski definition) is 4. The van der Waals surface area contributed by atoms with Crippen LogP contribution < -0.4 is 4.74 Å². The average Bonchev–Trinajstić information content (AvgIpc) is 3.46. The topological polar surface area (TPSA) is 52.8 Å². The Morgan fingerprint density at radius 1 is 0.683 bits per heavy atom. The number of tetrazole rings is 1. The van der Waals surface area contributed by atoms with Crippen LogP contribution >= 0.6 is 0 Å². The predicted molar refractivity (Wildman–Crippen MR) is 161 cm³/mol. The molecule has 2 heterocycles. The highest BCUT2D eigenvalue weighted by atomic mass is 16.5. The van der Waals surface area contributed by atoms with Crippen molar-refractivity contribution in [3.63, 3.8) is 0 Å². The minimum absolute atomic E-state index is 0.313. The molecule has 41 heavy (non-hydrogen) atoms. The lowest BCUT2D eigenvalue weighted by Crippen LogP contribution is -2.40. The van der Waals surface area contributed by atoms with E-state index in [2.05, 4.69) is 116 Å². The summed E-state index contributed by atoms with van der Waals surface area (Å²) in [6.07, 6.45) is 0. The Labute approximate surface area is 239 Å². The molecule has 0 radical (unpaired) electrons. The van der Waals surface area contributed by atoms with Gasteiger partial charge in [-0.3, -0.25) is 0 Å². The van der Waals surface area contributed by atoms with E-state index in [4.69, 9.17) is 15.0 Å². The van der Waals surface area contributed by atoms with E-state index >= 15 is 0 Å². The van der Waals surface area contributed by atoms with Gasteiger partial charge in [-0.15, -0.1) is 5.10 Å². The largest absolute Gasteiger partial charge is 0.457 e. The van der Waals surface area contributed by atoms with Gasteiger partial charge in [-0.2, -0.15) is 0 Å². The first kappa shape index (κ1) is 24.7. The maximum Gasteiger partial charge on any atom is 0.165 e. The summed E-state index contributed by atoms with van der Waals surface area (Å²) in [4.78, 5) is 0. The van der Waals surface area contributed by atoms with Crippen molar-refractivity contribution in [2.45, 2.75) is 18.4 Å². The zero-order valence-corrected chi connectivity index (χ0v) is 22.7. The summed E-state index contributed by atoms with van der Waals surface area (Å²) in [6, 6.07) is 45.8. The van der Waals surface area contributed by atoms with Crippen LogP contribution in [0, 0.1) is 6.92 Å². The van der Waals surface area contributed by atoms with E-state index in [1.54, 1.807) is 0 Å². The number of ether oxygens (including phenoxy) is 1. The molecule has 5 aromatic carbocycles. The molecule has 1 aliphatic heterocycles. The van der Waals surface area contributed by atoms with Crippen LogP contribution in [0.3, 0.4) is 0 Å². The third-order valence-electron chi connectivity index (χ3n) is 8.02. The van der Waals surface area contributed by atoms with Crippen molar-refractivity contribution in [1.29, 1.82) is 0 Å². The molecule has 1 aliphatic rings. The van der Waals surface area contributed by atoms with Crippen LogP contribution in [0.15, 0.2) is 140 Å². The second kappa shape index (κ2) is 10.0. The van der Waals surface area contributed by atoms with Gasteiger partial charge in [0, 0.05) is 11.1 Å². The fraction of sp³-hybridized carbons (Fsp3) is 0.0833. The highest BCUT2D eigenvalue weighted by molar-refractivity contribution is 5.70. The number of hydrogen-bond donors (Lipinski definition) is 0. The number of nitrogens with zero attached hydrogens (tertiary/aromatic N) is 4. The summed E-state index contributed by atoms with van der Waals surface area (Å²) in [5.74, 6) is 1.76. The smallest absolute Gasteiger partial charge is 0.165 e. The van der Waals surface area contributed by atoms with Crippen LogP contribution in [0.4, 0.5) is 0 Å². The molecule has 0 amide bonds. The SMILES string of the molecule is C=C1Oc2cccc(C)c2C(c2nnnn2C(c2ccccc2)(c2ccccc2)c2ccccc2)c2ccccc21. The zero-order valence-electron chi connectivity index (χ0n) is 22.7. The molecule has 0 bridgehead atoms. The third kappa shape index (κ3) is 3.89. The van der Waals surface area contributed by atoms with Gasteiger partial charge in [0.05, 0.1) is 5.92 Å². The maximum atomic E-state index is 6.40. The third-order valence-corrected chi connectivity index (χ3v) is 8.02. The van der Waals surface area contributed by atoms with Gasteiger partial charge in [0.15, 0.2) is 5.82 Å². The number of rotatable bonds is 5. The van der Waals surface area contributed by atoms with Crippen LogP contribution in [0.5, 0.6) is 5.75 Å². The molecule has 0 spiro atoms. The minimum Gasteiger partial charge on any atom is -0.457 e. The Morgan fingerprint density at radius 3 is 1.85 bits per heavy atom. The number of benzene rings is 5. The summed E-state index contributed by atoms with van der Waals surface area (Å²) in [6.45, 7) is 6.40. The Balaban J connectivity index is 1.61. The second-order valence-electron chi connectivity index (χ2n) is 10.3. The van der Waals surface area contributed by atoms with Gasteiger partial charge in [0.25, 0.3) is 0 Å². The Bertz CT molecular complexity index is 1750. The van der Waals surface area contributed by atoms with Crippen molar-refractivity contribution in [3.8, 4) is 5.75 Å². The highest BCUT2D eigenvalue weighted by Gasteiger charge is 2.44. The molecule has 0 saturated carbocycles. The quantitative estimate of drug-likeness (QED) is 0.218. The predicted octanol–water partition coefficient (Wildman–Crippen LogP) is 7.37. The van der Waals surface area contributed by atoms with Crippen molar-refractivity contribution >= 4 is 5.76 Å². The van der Waals surface area contributed by atoms with Crippen molar-refractivity contribution in [1.82, 2.24) is 20.2 Å². The second-order valence-corrected chi connectivity index (χ2v) is 10.3. The molecule has 198 valence electrons. The molecule has 0 N–H and O–H groups in total. The molecular weight excluding hydrogens is 504 g/mol. The normalized spacial score (nSPS) is 14.5. The molecule has 5 nitrogen and oxygen atoms in total. The van der Waals surface area contributed by atoms with E-state index in [9.17, 15) is 0 Å². The van der Waals surface area contributed by atoms with Gasteiger partial charge in [0.2, 0.25) is 0 Å². The molecule has 1 aromatic heterocycles. The van der Waals surface area contributed by atoms with Gasteiger partial charge in [-0.05, 0) is 51.2 Å². The van der Waals surface area contributed by atoms with Gasteiger partial charge >= 0.3 is 0 Å². The highest BCUT2D eigenvalue weighted by Crippen LogP contribution is 2.48. The number of aromatic nitrogens is 4. The van der Waals surface area contributed by atoms with E-state index < -0.39 is 5.54 Å². The first-order valence-electron chi connectivity index (χ1n) is 13.7. The molecule has 7 rings (SSSR count). The first-order chi connectivity index (χ1) is 20.2. The fourth-order valence-electron chi connectivity index (χ4n) is 6.24. The van der Waals surface area contributed by atoms with Gasteiger partial charge in [-0.25, -0.2) is 4.68 Å². The Kier molecular flexibility index (Phi) is 6.05. The van der Waals surface area contributed by atoms with Gasteiger partial charge in [-0.1, -0.05) is 134 Å². The number of fused-ring (bicyclic) bond motifs is 2. The Morgan fingerprint density at radius 2 is 1.24 bits per heavy atom. The summed E-state index contributed by atoms with van der Waals surface area (Å²) < 4.78 is 8.41. The molecular formula is C36H28N4O. The molecule has 1 unspecified atom stereocenters.